The minimum Gasteiger partial charge on any atom is -0.497 e. The average molecular weight is 434 g/mol. The van der Waals surface area contributed by atoms with Crippen molar-refractivity contribution in [2.24, 2.45) is 0 Å². The number of ether oxygens (including phenoxy) is 2. The smallest absolute Gasteiger partial charge is 0.247 e. The van der Waals surface area contributed by atoms with E-state index >= 15 is 0 Å². The van der Waals surface area contributed by atoms with Crippen molar-refractivity contribution in [3.05, 3.63) is 18.2 Å². The molecule has 2 aliphatic rings. The summed E-state index contributed by atoms with van der Waals surface area (Å²) in [6.45, 7) is 2.31. The van der Waals surface area contributed by atoms with Crippen molar-refractivity contribution in [1.29, 1.82) is 0 Å². The monoisotopic (exact) mass is 433 g/mol. The number of benzene rings is 1. The lowest BCUT2D eigenvalue weighted by atomic mass is 10.1. The molecule has 1 N–H and O–H groups in total. The molecular formula is C18H28ClN3O5S. The lowest BCUT2D eigenvalue weighted by Crippen LogP contribution is -2.51. The Morgan fingerprint density at radius 1 is 1.18 bits per heavy atom. The van der Waals surface area contributed by atoms with Crippen LogP contribution in [0.3, 0.4) is 0 Å². The van der Waals surface area contributed by atoms with E-state index in [4.69, 9.17) is 9.47 Å². The Morgan fingerprint density at radius 2 is 1.89 bits per heavy atom. The summed E-state index contributed by atoms with van der Waals surface area (Å²) < 4.78 is 37.9. The van der Waals surface area contributed by atoms with Crippen molar-refractivity contribution >= 4 is 28.3 Å². The molecule has 0 radical (unpaired) electrons. The molecule has 28 heavy (non-hydrogen) atoms. The maximum absolute atomic E-state index is 13.1. The number of hydrogen-bond acceptors (Lipinski definition) is 6. The molecule has 2 heterocycles. The highest BCUT2D eigenvalue weighted by Gasteiger charge is 2.33. The number of nitrogens with zero attached hydrogens (tertiary/aromatic N) is 2. The van der Waals surface area contributed by atoms with E-state index < -0.39 is 10.0 Å². The third kappa shape index (κ3) is 4.89. The van der Waals surface area contributed by atoms with E-state index in [1.807, 2.05) is 0 Å². The van der Waals surface area contributed by atoms with Gasteiger partial charge in [-0.05, 0) is 31.5 Å². The Kier molecular flexibility index (Phi) is 7.94. The summed E-state index contributed by atoms with van der Waals surface area (Å²) in [4.78, 5) is 14.3. The van der Waals surface area contributed by atoms with Gasteiger partial charge in [0.05, 0.1) is 14.2 Å². The Labute approximate surface area is 172 Å². The molecule has 0 aliphatic carbocycles. The quantitative estimate of drug-likeness (QED) is 0.722. The van der Waals surface area contributed by atoms with Crippen LogP contribution in [0.5, 0.6) is 11.5 Å². The summed E-state index contributed by atoms with van der Waals surface area (Å²) in [5, 5.41) is 3.33. The lowest BCUT2D eigenvalue weighted by Gasteiger charge is -2.34. The second kappa shape index (κ2) is 9.78. The molecule has 1 unspecified atom stereocenters. The van der Waals surface area contributed by atoms with E-state index in [1.165, 1.54) is 24.6 Å². The maximum atomic E-state index is 13.1. The van der Waals surface area contributed by atoms with Gasteiger partial charge in [-0.2, -0.15) is 4.31 Å². The minimum absolute atomic E-state index is 0. The molecule has 0 saturated carbocycles. The van der Waals surface area contributed by atoms with E-state index in [-0.39, 0.29) is 48.1 Å². The number of amides is 1. The van der Waals surface area contributed by atoms with Gasteiger partial charge in [-0.25, -0.2) is 8.42 Å². The first-order valence-electron chi connectivity index (χ1n) is 9.19. The third-order valence-corrected chi connectivity index (χ3v) is 7.08. The minimum atomic E-state index is -3.73. The van der Waals surface area contributed by atoms with Crippen LogP contribution in [-0.4, -0.2) is 76.5 Å². The summed E-state index contributed by atoms with van der Waals surface area (Å²) in [6, 6.07) is 4.96. The van der Waals surface area contributed by atoms with Gasteiger partial charge in [-0.1, -0.05) is 0 Å². The topological polar surface area (TPSA) is 88.2 Å². The van der Waals surface area contributed by atoms with E-state index in [2.05, 4.69) is 5.32 Å². The van der Waals surface area contributed by atoms with Crippen molar-refractivity contribution in [3.63, 3.8) is 0 Å². The first kappa shape index (κ1) is 22.7. The standard InChI is InChI=1S/C18H27N3O5S.ClH/c1-25-15-5-6-16(26-2)17(13-15)27(23,24)21-10-8-20(9-11-21)18(22)12-14-4-3-7-19-14;/h5-6,13-14,19H,3-4,7-12H2,1-2H3;1H. The summed E-state index contributed by atoms with van der Waals surface area (Å²) in [6.07, 6.45) is 2.61. The van der Waals surface area contributed by atoms with Crippen LogP contribution in [0.4, 0.5) is 0 Å². The highest BCUT2D eigenvalue weighted by molar-refractivity contribution is 7.89. The van der Waals surface area contributed by atoms with Crippen LogP contribution in [0.2, 0.25) is 0 Å². The second-order valence-electron chi connectivity index (χ2n) is 6.80. The summed E-state index contributed by atoms with van der Waals surface area (Å²) in [5.41, 5.74) is 0. The summed E-state index contributed by atoms with van der Waals surface area (Å²) in [5.74, 6) is 0.819. The third-order valence-electron chi connectivity index (χ3n) is 5.16. The van der Waals surface area contributed by atoms with Gasteiger partial charge >= 0.3 is 0 Å². The van der Waals surface area contributed by atoms with Gasteiger partial charge in [0.1, 0.15) is 16.4 Å². The zero-order valence-corrected chi connectivity index (χ0v) is 17.9. The first-order chi connectivity index (χ1) is 13.0. The number of piperazine rings is 1. The molecule has 0 spiro atoms. The first-order valence-corrected chi connectivity index (χ1v) is 10.6. The average Bonchev–Trinajstić information content (AvgIpc) is 3.20. The normalized spacial score (nSPS) is 20.5. The van der Waals surface area contributed by atoms with Crippen LogP contribution in [0.25, 0.3) is 0 Å². The van der Waals surface area contributed by atoms with E-state index in [0.29, 0.717) is 25.3 Å². The zero-order chi connectivity index (χ0) is 19.4. The number of nitrogens with one attached hydrogen (secondary N) is 1. The molecule has 1 atom stereocenters. The van der Waals surface area contributed by atoms with Gasteiger partial charge in [-0.15, -0.1) is 12.4 Å². The fourth-order valence-corrected chi connectivity index (χ4v) is 5.17. The number of methoxy groups -OCH3 is 2. The molecule has 1 aromatic rings. The van der Waals surface area contributed by atoms with E-state index in [0.717, 1.165) is 19.4 Å². The van der Waals surface area contributed by atoms with Gasteiger partial charge in [-0.3, -0.25) is 4.79 Å². The van der Waals surface area contributed by atoms with Crippen LogP contribution in [-0.2, 0) is 14.8 Å². The molecule has 158 valence electrons. The Bertz CT molecular complexity index is 775. The molecule has 2 saturated heterocycles. The van der Waals surface area contributed by atoms with Crippen molar-refractivity contribution in [3.8, 4) is 11.5 Å². The SMILES string of the molecule is COc1ccc(OC)c(S(=O)(=O)N2CCN(C(=O)CC3CCCN3)CC2)c1.Cl. The van der Waals surface area contributed by atoms with Crippen molar-refractivity contribution < 1.29 is 22.7 Å². The summed E-state index contributed by atoms with van der Waals surface area (Å²) >= 11 is 0. The highest BCUT2D eigenvalue weighted by atomic mass is 35.5. The predicted octanol–water partition coefficient (Wildman–Crippen LogP) is 1.10. The van der Waals surface area contributed by atoms with Crippen LogP contribution >= 0.6 is 12.4 Å². The highest BCUT2D eigenvalue weighted by Crippen LogP contribution is 2.31. The number of rotatable bonds is 6. The van der Waals surface area contributed by atoms with Crippen LogP contribution in [0.1, 0.15) is 19.3 Å². The summed E-state index contributed by atoms with van der Waals surface area (Å²) in [7, 11) is -0.804. The van der Waals surface area contributed by atoms with E-state index in [9.17, 15) is 13.2 Å². The molecule has 0 bridgehead atoms. The molecule has 8 nitrogen and oxygen atoms in total. The molecule has 3 rings (SSSR count). The van der Waals surface area contributed by atoms with Gasteiger partial charge < -0.3 is 19.7 Å². The fourth-order valence-electron chi connectivity index (χ4n) is 3.57. The lowest BCUT2D eigenvalue weighted by molar-refractivity contribution is -0.132. The van der Waals surface area contributed by atoms with Gasteiger partial charge in [0.25, 0.3) is 0 Å². The molecule has 2 aliphatic heterocycles. The van der Waals surface area contributed by atoms with Crippen molar-refractivity contribution in [2.75, 3.05) is 46.9 Å². The second-order valence-corrected chi connectivity index (χ2v) is 8.71. The Hall–Kier alpha value is -1.55. The molecular weight excluding hydrogens is 406 g/mol. The molecule has 1 amide bonds. The number of hydrogen-bond donors (Lipinski definition) is 1. The van der Waals surface area contributed by atoms with Gasteiger partial charge in [0.15, 0.2) is 0 Å². The fraction of sp³-hybridized carbons (Fsp3) is 0.611. The van der Waals surface area contributed by atoms with Gasteiger partial charge in [0.2, 0.25) is 15.9 Å². The van der Waals surface area contributed by atoms with Crippen LogP contribution < -0.4 is 14.8 Å². The molecule has 1 aromatic carbocycles. The maximum Gasteiger partial charge on any atom is 0.247 e. The molecule has 10 heteroatoms. The Balaban J connectivity index is 0.00000280. The zero-order valence-electron chi connectivity index (χ0n) is 16.2. The number of halogens is 1. The van der Waals surface area contributed by atoms with E-state index in [1.54, 1.807) is 17.0 Å². The largest absolute Gasteiger partial charge is 0.497 e. The predicted molar refractivity (Wildman–Crippen MR) is 108 cm³/mol. The van der Waals surface area contributed by atoms with Crippen molar-refractivity contribution in [2.45, 2.75) is 30.2 Å². The number of carbonyl (C=O) groups is 1. The number of sulfonamides is 1. The van der Waals surface area contributed by atoms with Gasteiger partial charge in [0, 0.05) is 44.7 Å². The Morgan fingerprint density at radius 3 is 2.46 bits per heavy atom. The van der Waals surface area contributed by atoms with Crippen LogP contribution in [0.15, 0.2) is 23.1 Å². The van der Waals surface area contributed by atoms with Crippen LogP contribution in [0, 0.1) is 0 Å². The molecule has 2 fully saturated rings. The molecule has 0 aromatic heterocycles. The number of carbonyl (C=O) groups excluding carboxylic acids is 1. The van der Waals surface area contributed by atoms with Crippen molar-refractivity contribution in [1.82, 2.24) is 14.5 Å².